The molecule has 0 aliphatic heterocycles. The van der Waals surface area contributed by atoms with Crippen LogP contribution in [-0.2, 0) is 13.5 Å². The average molecular weight is 213 g/mol. The molecule has 0 aliphatic carbocycles. The van der Waals surface area contributed by atoms with Gasteiger partial charge in [-0.3, -0.25) is 0 Å². The van der Waals surface area contributed by atoms with E-state index in [4.69, 9.17) is 5.26 Å². The van der Waals surface area contributed by atoms with Crippen molar-refractivity contribution in [2.24, 2.45) is 7.05 Å². The zero-order valence-electron chi connectivity index (χ0n) is 9.86. The van der Waals surface area contributed by atoms with E-state index in [0.29, 0.717) is 12.3 Å². The molecule has 0 saturated carbocycles. The Morgan fingerprint density at radius 3 is 2.81 bits per heavy atom. The Hall–Kier alpha value is -1.82. The zero-order valence-corrected chi connectivity index (χ0v) is 9.86. The van der Waals surface area contributed by atoms with E-state index in [2.05, 4.69) is 43.1 Å². The third-order valence-electron chi connectivity index (χ3n) is 2.90. The molecule has 2 rings (SSSR count). The van der Waals surface area contributed by atoms with Crippen LogP contribution in [0.4, 0.5) is 0 Å². The van der Waals surface area contributed by atoms with Crippen LogP contribution in [0.1, 0.15) is 31.2 Å². The summed E-state index contributed by atoms with van der Waals surface area (Å²) in [6, 6.07) is 8.46. The molecule has 1 aromatic heterocycles. The van der Waals surface area contributed by atoms with Crippen molar-refractivity contribution in [3.8, 4) is 6.07 Å². The Bertz CT molecular complexity index is 558. The fraction of sp³-hybridized carbons (Fsp3) is 0.385. The minimum atomic E-state index is 0.363. The Morgan fingerprint density at radius 1 is 1.44 bits per heavy atom. The number of rotatable bonds is 2. The molecule has 82 valence electrons. The van der Waals surface area contributed by atoms with E-state index in [-0.39, 0.29) is 0 Å². The minimum Gasteiger partial charge on any atom is -0.330 e. The highest BCUT2D eigenvalue weighted by atomic mass is 15.1. The number of nitriles is 1. The van der Waals surface area contributed by atoms with Crippen molar-refractivity contribution in [2.75, 3.05) is 0 Å². The standard InChI is InChI=1S/C13H15N3/c1-9(2)10-4-5-12-11(8-10)15-13(6-7-14)16(12)3/h4-5,8-9H,6H2,1-3H3. The average Bonchev–Trinajstić information content (AvgIpc) is 2.56. The molecule has 0 amide bonds. The third kappa shape index (κ3) is 1.67. The summed E-state index contributed by atoms with van der Waals surface area (Å²) in [5.41, 5.74) is 3.36. The van der Waals surface area contributed by atoms with E-state index in [9.17, 15) is 0 Å². The molecule has 0 radical (unpaired) electrons. The summed E-state index contributed by atoms with van der Waals surface area (Å²) < 4.78 is 1.99. The zero-order chi connectivity index (χ0) is 11.7. The van der Waals surface area contributed by atoms with Crippen molar-refractivity contribution < 1.29 is 0 Å². The maximum absolute atomic E-state index is 8.71. The molecule has 2 aromatic rings. The highest BCUT2D eigenvalue weighted by molar-refractivity contribution is 5.77. The van der Waals surface area contributed by atoms with Crippen molar-refractivity contribution in [1.82, 2.24) is 9.55 Å². The molecule has 0 fully saturated rings. The maximum atomic E-state index is 8.71. The Balaban J connectivity index is 2.59. The number of fused-ring (bicyclic) bond motifs is 1. The van der Waals surface area contributed by atoms with Gasteiger partial charge in [0.15, 0.2) is 0 Å². The van der Waals surface area contributed by atoms with E-state index in [1.165, 1.54) is 5.56 Å². The molecular weight excluding hydrogens is 198 g/mol. The lowest BCUT2D eigenvalue weighted by molar-refractivity contribution is 0.857. The molecule has 3 heteroatoms. The summed E-state index contributed by atoms with van der Waals surface area (Å²) in [5.74, 6) is 1.34. The summed E-state index contributed by atoms with van der Waals surface area (Å²) in [7, 11) is 1.96. The summed E-state index contributed by atoms with van der Waals surface area (Å²) in [4.78, 5) is 4.49. The molecule has 0 aliphatic rings. The first-order valence-electron chi connectivity index (χ1n) is 5.45. The number of benzene rings is 1. The van der Waals surface area contributed by atoms with Crippen LogP contribution in [0.3, 0.4) is 0 Å². The van der Waals surface area contributed by atoms with Gasteiger partial charge in [0.2, 0.25) is 0 Å². The van der Waals surface area contributed by atoms with Crippen LogP contribution >= 0.6 is 0 Å². The van der Waals surface area contributed by atoms with Crippen LogP contribution in [0.15, 0.2) is 18.2 Å². The van der Waals surface area contributed by atoms with Gasteiger partial charge in [-0.2, -0.15) is 5.26 Å². The molecule has 0 bridgehead atoms. The van der Waals surface area contributed by atoms with Crippen molar-refractivity contribution in [2.45, 2.75) is 26.2 Å². The summed E-state index contributed by atoms with van der Waals surface area (Å²) in [6.45, 7) is 4.33. The number of hydrogen-bond donors (Lipinski definition) is 0. The van der Waals surface area contributed by atoms with Gasteiger partial charge in [-0.05, 0) is 23.6 Å². The summed E-state index contributed by atoms with van der Waals surface area (Å²) in [5, 5.41) is 8.71. The van der Waals surface area contributed by atoms with E-state index < -0.39 is 0 Å². The van der Waals surface area contributed by atoms with Crippen molar-refractivity contribution in [1.29, 1.82) is 5.26 Å². The molecule has 0 saturated heterocycles. The highest BCUT2D eigenvalue weighted by Crippen LogP contribution is 2.21. The van der Waals surface area contributed by atoms with Gasteiger partial charge < -0.3 is 4.57 Å². The quantitative estimate of drug-likeness (QED) is 0.769. The van der Waals surface area contributed by atoms with Crippen LogP contribution in [0.5, 0.6) is 0 Å². The molecule has 0 N–H and O–H groups in total. The molecule has 0 spiro atoms. The van der Waals surface area contributed by atoms with Gasteiger partial charge in [-0.15, -0.1) is 0 Å². The van der Waals surface area contributed by atoms with Gasteiger partial charge in [0.25, 0.3) is 0 Å². The van der Waals surface area contributed by atoms with Crippen molar-refractivity contribution >= 4 is 11.0 Å². The third-order valence-corrected chi connectivity index (χ3v) is 2.90. The first-order valence-corrected chi connectivity index (χ1v) is 5.45. The van der Waals surface area contributed by atoms with E-state index in [1.807, 2.05) is 11.6 Å². The fourth-order valence-electron chi connectivity index (χ4n) is 1.85. The molecule has 1 aromatic carbocycles. The smallest absolute Gasteiger partial charge is 0.123 e. The van der Waals surface area contributed by atoms with E-state index in [0.717, 1.165) is 16.9 Å². The highest BCUT2D eigenvalue weighted by Gasteiger charge is 2.08. The summed E-state index contributed by atoms with van der Waals surface area (Å²) in [6.07, 6.45) is 0.363. The monoisotopic (exact) mass is 213 g/mol. The maximum Gasteiger partial charge on any atom is 0.123 e. The van der Waals surface area contributed by atoms with Crippen molar-refractivity contribution in [3.05, 3.63) is 29.6 Å². The van der Waals surface area contributed by atoms with Crippen LogP contribution < -0.4 is 0 Å². The predicted octanol–water partition coefficient (Wildman–Crippen LogP) is 2.76. The van der Waals surface area contributed by atoms with E-state index in [1.54, 1.807) is 0 Å². The van der Waals surface area contributed by atoms with Crippen LogP contribution in [0.25, 0.3) is 11.0 Å². The van der Waals surface area contributed by atoms with Gasteiger partial charge in [0.1, 0.15) is 5.82 Å². The number of aromatic nitrogens is 2. The largest absolute Gasteiger partial charge is 0.330 e. The second-order valence-corrected chi connectivity index (χ2v) is 4.32. The predicted molar refractivity (Wildman–Crippen MR) is 64.1 cm³/mol. The van der Waals surface area contributed by atoms with Gasteiger partial charge >= 0.3 is 0 Å². The molecular formula is C13H15N3. The minimum absolute atomic E-state index is 0.363. The number of imidazole rings is 1. The topological polar surface area (TPSA) is 41.6 Å². The molecule has 0 atom stereocenters. The van der Waals surface area contributed by atoms with Crippen LogP contribution in [0.2, 0.25) is 0 Å². The van der Waals surface area contributed by atoms with Gasteiger partial charge in [-0.1, -0.05) is 19.9 Å². The van der Waals surface area contributed by atoms with Crippen molar-refractivity contribution in [3.63, 3.8) is 0 Å². The van der Waals surface area contributed by atoms with Gasteiger partial charge in [0, 0.05) is 7.05 Å². The Morgan fingerprint density at radius 2 is 2.19 bits per heavy atom. The lowest BCUT2D eigenvalue weighted by Crippen LogP contribution is -1.95. The first-order chi connectivity index (χ1) is 7.63. The molecule has 1 heterocycles. The number of hydrogen-bond acceptors (Lipinski definition) is 2. The Kier molecular flexibility index (Phi) is 2.66. The molecule has 16 heavy (non-hydrogen) atoms. The van der Waals surface area contributed by atoms with E-state index >= 15 is 0 Å². The SMILES string of the molecule is CC(C)c1ccc2c(c1)nc(CC#N)n2C. The Labute approximate surface area is 95.3 Å². The number of aryl methyl sites for hydroxylation is 1. The molecule has 0 unspecified atom stereocenters. The fourth-order valence-corrected chi connectivity index (χ4v) is 1.85. The second-order valence-electron chi connectivity index (χ2n) is 4.32. The van der Waals surface area contributed by atoms with Gasteiger partial charge in [-0.25, -0.2) is 4.98 Å². The number of nitrogens with zero attached hydrogens (tertiary/aromatic N) is 3. The van der Waals surface area contributed by atoms with Crippen LogP contribution in [-0.4, -0.2) is 9.55 Å². The molecule has 3 nitrogen and oxygen atoms in total. The lowest BCUT2D eigenvalue weighted by atomic mass is 10.0. The first kappa shape index (κ1) is 10.7. The van der Waals surface area contributed by atoms with Crippen LogP contribution in [0, 0.1) is 11.3 Å². The second kappa shape index (κ2) is 3.97. The van der Waals surface area contributed by atoms with Gasteiger partial charge in [0.05, 0.1) is 23.5 Å². The lowest BCUT2D eigenvalue weighted by Gasteiger charge is -2.04. The summed E-state index contributed by atoms with van der Waals surface area (Å²) >= 11 is 0. The normalized spacial score (nSPS) is 10.9.